The maximum Gasteiger partial charge on any atom is 0.0702 e. The molecule has 0 saturated heterocycles. The smallest absolute Gasteiger partial charge is 0.0702 e. The summed E-state index contributed by atoms with van der Waals surface area (Å²) in [7, 11) is 0. The lowest BCUT2D eigenvalue weighted by Gasteiger charge is -2.02. The van der Waals surface area contributed by atoms with Crippen LogP contribution in [0.3, 0.4) is 0 Å². The molecule has 2 aromatic heterocycles. The zero-order chi connectivity index (χ0) is 13.8. The molecule has 0 spiro atoms. The van der Waals surface area contributed by atoms with Crippen LogP contribution in [0.2, 0.25) is 0 Å². The number of rotatable bonds is 4. The normalized spacial score (nSPS) is 10.7. The van der Waals surface area contributed by atoms with Crippen LogP contribution in [0.15, 0.2) is 67.3 Å². The first-order valence-corrected chi connectivity index (χ1v) is 6.60. The fourth-order valence-electron chi connectivity index (χ4n) is 2.35. The minimum Gasteiger partial charge on any atom is -0.392 e. The lowest BCUT2D eigenvalue weighted by atomic mass is 10.1. The van der Waals surface area contributed by atoms with Gasteiger partial charge in [-0.05, 0) is 23.3 Å². The minimum atomic E-state index is 0.0492. The highest BCUT2D eigenvalue weighted by molar-refractivity contribution is 5.66. The van der Waals surface area contributed by atoms with E-state index in [9.17, 15) is 5.11 Å². The van der Waals surface area contributed by atoms with Gasteiger partial charge in [-0.1, -0.05) is 30.3 Å². The van der Waals surface area contributed by atoms with Crippen LogP contribution in [-0.4, -0.2) is 14.7 Å². The van der Waals surface area contributed by atoms with Crippen molar-refractivity contribution in [2.24, 2.45) is 0 Å². The van der Waals surface area contributed by atoms with Gasteiger partial charge in [0.25, 0.3) is 0 Å². The molecule has 3 nitrogen and oxygen atoms in total. The number of hydrogen-bond donors (Lipinski definition) is 1. The number of nitrogens with zero attached hydrogens (tertiary/aromatic N) is 2. The molecule has 2 heterocycles. The second kappa shape index (κ2) is 5.72. The molecule has 0 atom stereocenters. The average molecular weight is 264 g/mol. The Morgan fingerprint density at radius 3 is 2.40 bits per heavy atom. The molecule has 20 heavy (non-hydrogen) atoms. The van der Waals surface area contributed by atoms with E-state index >= 15 is 0 Å². The SMILES string of the molecule is OCc1cn(Cc2ccncc2)cc1-c1ccccc1. The summed E-state index contributed by atoms with van der Waals surface area (Å²) in [5, 5.41) is 9.54. The van der Waals surface area contributed by atoms with Gasteiger partial charge in [0, 0.05) is 42.5 Å². The van der Waals surface area contributed by atoms with Crippen molar-refractivity contribution in [1.82, 2.24) is 9.55 Å². The molecule has 0 saturated carbocycles. The van der Waals surface area contributed by atoms with Gasteiger partial charge < -0.3 is 9.67 Å². The zero-order valence-corrected chi connectivity index (χ0v) is 11.1. The van der Waals surface area contributed by atoms with Crippen LogP contribution in [0.1, 0.15) is 11.1 Å². The molecule has 0 aliphatic rings. The van der Waals surface area contributed by atoms with E-state index in [1.165, 1.54) is 5.56 Å². The van der Waals surface area contributed by atoms with Gasteiger partial charge in [-0.2, -0.15) is 0 Å². The molecular formula is C17H16N2O. The van der Waals surface area contributed by atoms with Crippen LogP contribution >= 0.6 is 0 Å². The van der Waals surface area contributed by atoms with Crippen molar-refractivity contribution in [2.45, 2.75) is 13.2 Å². The van der Waals surface area contributed by atoms with Crippen molar-refractivity contribution in [3.05, 3.63) is 78.4 Å². The molecule has 0 bridgehead atoms. The van der Waals surface area contributed by atoms with Crippen molar-refractivity contribution in [3.8, 4) is 11.1 Å². The fourth-order valence-corrected chi connectivity index (χ4v) is 2.35. The van der Waals surface area contributed by atoms with Crippen LogP contribution in [0.5, 0.6) is 0 Å². The Bertz CT molecular complexity index is 675. The van der Waals surface area contributed by atoms with Crippen LogP contribution < -0.4 is 0 Å². The van der Waals surface area contributed by atoms with E-state index in [-0.39, 0.29) is 6.61 Å². The average Bonchev–Trinajstić information content (AvgIpc) is 2.92. The molecular weight excluding hydrogens is 248 g/mol. The van der Waals surface area contributed by atoms with Gasteiger partial charge >= 0.3 is 0 Å². The van der Waals surface area contributed by atoms with Gasteiger partial charge in [0.1, 0.15) is 0 Å². The Morgan fingerprint density at radius 2 is 1.70 bits per heavy atom. The number of hydrogen-bond acceptors (Lipinski definition) is 2. The molecule has 100 valence electrons. The summed E-state index contributed by atoms with van der Waals surface area (Å²) in [6, 6.07) is 14.1. The first-order valence-electron chi connectivity index (χ1n) is 6.60. The minimum absolute atomic E-state index is 0.0492. The van der Waals surface area contributed by atoms with Crippen LogP contribution in [-0.2, 0) is 13.2 Å². The predicted molar refractivity (Wildman–Crippen MR) is 79.1 cm³/mol. The van der Waals surface area contributed by atoms with E-state index in [1.807, 2.05) is 36.5 Å². The van der Waals surface area contributed by atoms with Gasteiger partial charge in [0.2, 0.25) is 0 Å². The molecule has 0 unspecified atom stereocenters. The molecule has 3 aromatic rings. The highest BCUT2D eigenvalue weighted by Gasteiger charge is 2.08. The van der Waals surface area contributed by atoms with Gasteiger partial charge in [0.05, 0.1) is 6.61 Å². The maximum atomic E-state index is 9.54. The Labute approximate surface area is 118 Å². The Balaban J connectivity index is 1.93. The van der Waals surface area contributed by atoms with Gasteiger partial charge in [-0.15, -0.1) is 0 Å². The van der Waals surface area contributed by atoms with Crippen molar-refractivity contribution in [1.29, 1.82) is 0 Å². The predicted octanol–water partition coefficient (Wildman–Crippen LogP) is 3.09. The zero-order valence-electron chi connectivity index (χ0n) is 11.1. The van der Waals surface area contributed by atoms with Gasteiger partial charge in [-0.25, -0.2) is 0 Å². The molecule has 0 aliphatic carbocycles. The Morgan fingerprint density at radius 1 is 0.950 bits per heavy atom. The largest absolute Gasteiger partial charge is 0.392 e. The summed E-state index contributed by atoms with van der Waals surface area (Å²) < 4.78 is 2.10. The summed E-state index contributed by atoms with van der Waals surface area (Å²) >= 11 is 0. The van der Waals surface area contributed by atoms with Crippen molar-refractivity contribution >= 4 is 0 Å². The molecule has 0 amide bonds. The van der Waals surface area contributed by atoms with Crippen LogP contribution in [0, 0.1) is 0 Å². The van der Waals surface area contributed by atoms with Crippen LogP contribution in [0.25, 0.3) is 11.1 Å². The summed E-state index contributed by atoms with van der Waals surface area (Å²) in [4.78, 5) is 4.02. The molecule has 0 radical (unpaired) electrons. The van der Waals surface area contributed by atoms with E-state index in [4.69, 9.17) is 0 Å². The fraction of sp³-hybridized carbons (Fsp3) is 0.118. The summed E-state index contributed by atoms with van der Waals surface area (Å²) in [5.74, 6) is 0. The second-order valence-electron chi connectivity index (χ2n) is 4.75. The second-order valence-corrected chi connectivity index (χ2v) is 4.75. The number of benzene rings is 1. The quantitative estimate of drug-likeness (QED) is 0.786. The van der Waals surface area contributed by atoms with Crippen molar-refractivity contribution < 1.29 is 5.11 Å². The first-order chi connectivity index (χ1) is 9.86. The van der Waals surface area contributed by atoms with E-state index in [1.54, 1.807) is 12.4 Å². The number of aromatic nitrogens is 2. The summed E-state index contributed by atoms with van der Waals surface area (Å²) in [5.41, 5.74) is 4.36. The lowest BCUT2D eigenvalue weighted by molar-refractivity contribution is 0.282. The summed E-state index contributed by atoms with van der Waals surface area (Å²) in [6.45, 7) is 0.829. The molecule has 0 aliphatic heterocycles. The molecule has 1 aromatic carbocycles. The number of pyridine rings is 1. The summed E-state index contributed by atoms with van der Waals surface area (Å²) in [6.07, 6.45) is 7.68. The highest BCUT2D eigenvalue weighted by Crippen LogP contribution is 2.25. The highest BCUT2D eigenvalue weighted by atomic mass is 16.3. The van der Waals surface area contributed by atoms with Crippen molar-refractivity contribution in [2.75, 3.05) is 0 Å². The topological polar surface area (TPSA) is 38.0 Å². The van der Waals surface area contributed by atoms with E-state index < -0.39 is 0 Å². The standard InChI is InChI=1S/C17H16N2O/c20-13-16-11-19(10-14-6-8-18-9-7-14)12-17(16)15-4-2-1-3-5-15/h1-9,11-12,20H,10,13H2. The molecule has 3 heteroatoms. The molecule has 3 rings (SSSR count). The lowest BCUT2D eigenvalue weighted by Crippen LogP contribution is -1.96. The van der Waals surface area contributed by atoms with E-state index in [0.717, 1.165) is 23.2 Å². The maximum absolute atomic E-state index is 9.54. The Kier molecular flexibility index (Phi) is 3.61. The van der Waals surface area contributed by atoms with E-state index in [2.05, 4.69) is 27.9 Å². The third kappa shape index (κ3) is 2.63. The Hall–Kier alpha value is -2.39. The number of aliphatic hydroxyl groups excluding tert-OH is 1. The molecule has 0 fully saturated rings. The van der Waals surface area contributed by atoms with Gasteiger partial charge in [-0.3, -0.25) is 4.98 Å². The third-order valence-electron chi connectivity index (χ3n) is 3.33. The third-order valence-corrected chi connectivity index (χ3v) is 3.33. The van der Waals surface area contributed by atoms with Crippen molar-refractivity contribution in [3.63, 3.8) is 0 Å². The van der Waals surface area contributed by atoms with E-state index in [0.29, 0.717) is 0 Å². The monoisotopic (exact) mass is 264 g/mol. The first kappa shape index (κ1) is 12.6. The molecule has 1 N–H and O–H groups in total. The van der Waals surface area contributed by atoms with Gasteiger partial charge in [0.15, 0.2) is 0 Å². The number of aliphatic hydroxyl groups is 1. The van der Waals surface area contributed by atoms with Crippen LogP contribution in [0.4, 0.5) is 0 Å².